The number of thioether (sulfide) groups is 1. The summed E-state index contributed by atoms with van der Waals surface area (Å²) in [6, 6.07) is 8.29. The minimum Gasteiger partial charge on any atom is -0.496 e. The molecule has 20 heavy (non-hydrogen) atoms. The van der Waals surface area contributed by atoms with Crippen molar-refractivity contribution in [1.29, 1.82) is 0 Å². The topological polar surface area (TPSA) is 91.3 Å². The van der Waals surface area contributed by atoms with Crippen molar-refractivity contribution in [2.45, 2.75) is 10.8 Å². The van der Waals surface area contributed by atoms with Crippen molar-refractivity contribution in [2.24, 2.45) is 0 Å². The van der Waals surface area contributed by atoms with Crippen LogP contribution in [0.2, 0.25) is 0 Å². The number of rotatable bonds is 5. The van der Waals surface area contributed by atoms with Crippen LogP contribution in [0.1, 0.15) is 5.56 Å². The van der Waals surface area contributed by atoms with Crippen molar-refractivity contribution >= 4 is 23.1 Å². The van der Waals surface area contributed by atoms with E-state index in [4.69, 9.17) is 10.5 Å². The number of nitrogens with two attached hydrogens (primary N) is 1. The molecule has 0 bridgehead atoms. The number of nitro groups is 1. The lowest BCUT2D eigenvalue weighted by molar-refractivity contribution is -0.385. The van der Waals surface area contributed by atoms with Gasteiger partial charge >= 0.3 is 0 Å². The predicted molar refractivity (Wildman–Crippen MR) is 77.9 cm³/mol. The fourth-order valence-electron chi connectivity index (χ4n) is 1.58. The second-order valence-electron chi connectivity index (χ2n) is 4.01. The molecule has 0 unspecified atom stereocenters. The molecule has 1 aromatic carbocycles. The summed E-state index contributed by atoms with van der Waals surface area (Å²) in [5.74, 6) is 1.04. The molecule has 2 N–H and O–H groups in total. The molecule has 6 nitrogen and oxygen atoms in total. The van der Waals surface area contributed by atoms with E-state index in [1.807, 2.05) is 6.07 Å². The summed E-state index contributed by atoms with van der Waals surface area (Å²) in [6.45, 7) is 0. The zero-order chi connectivity index (χ0) is 14.5. The molecule has 2 aromatic rings. The van der Waals surface area contributed by atoms with Crippen LogP contribution in [0.3, 0.4) is 0 Å². The number of nitrogen functional groups attached to an aromatic ring is 1. The van der Waals surface area contributed by atoms with Crippen LogP contribution in [0.5, 0.6) is 5.75 Å². The number of anilines is 1. The highest BCUT2D eigenvalue weighted by Gasteiger charge is 2.10. The summed E-state index contributed by atoms with van der Waals surface area (Å²) in [5.41, 5.74) is 6.99. The fourth-order valence-corrected chi connectivity index (χ4v) is 2.36. The Morgan fingerprint density at radius 2 is 2.20 bits per heavy atom. The highest BCUT2D eigenvalue weighted by Crippen LogP contribution is 2.27. The van der Waals surface area contributed by atoms with Crippen LogP contribution in [0.25, 0.3) is 0 Å². The van der Waals surface area contributed by atoms with Crippen LogP contribution < -0.4 is 10.5 Å². The molecule has 0 saturated heterocycles. The Hall–Kier alpha value is -2.28. The number of non-ortho nitro benzene ring substituents is 1. The third kappa shape index (κ3) is 3.61. The number of hydrogen-bond donors (Lipinski definition) is 1. The Labute approximate surface area is 120 Å². The van der Waals surface area contributed by atoms with Crippen LogP contribution in [0, 0.1) is 10.1 Å². The van der Waals surface area contributed by atoms with Gasteiger partial charge in [-0.1, -0.05) is 0 Å². The van der Waals surface area contributed by atoms with Crippen LogP contribution in [-0.4, -0.2) is 17.0 Å². The predicted octanol–water partition coefficient (Wildman–Crippen LogP) is 2.87. The molecule has 0 saturated carbocycles. The van der Waals surface area contributed by atoms with Gasteiger partial charge < -0.3 is 10.5 Å². The molecule has 1 heterocycles. The van der Waals surface area contributed by atoms with Crippen molar-refractivity contribution in [1.82, 2.24) is 4.98 Å². The van der Waals surface area contributed by atoms with Crippen LogP contribution in [0.4, 0.5) is 11.4 Å². The van der Waals surface area contributed by atoms with E-state index in [0.717, 1.165) is 10.6 Å². The Bertz CT molecular complexity index is 617. The molecule has 0 aliphatic heterocycles. The standard InChI is InChI=1S/C13H13N3O3S/c1-19-12-5-9(4-11(6-12)16(17)18)8-20-13-3-2-10(14)7-15-13/h2-7H,8,14H2,1H3. The van der Waals surface area contributed by atoms with Gasteiger partial charge in [-0.25, -0.2) is 4.98 Å². The molecule has 0 aliphatic carbocycles. The lowest BCUT2D eigenvalue weighted by Gasteiger charge is -2.05. The van der Waals surface area contributed by atoms with Crippen LogP contribution >= 0.6 is 11.8 Å². The van der Waals surface area contributed by atoms with E-state index in [2.05, 4.69) is 4.98 Å². The zero-order valence-corrected chi connectivity index (χ0v) is 11.6. The van der Waals surface area contributed by atoms with Crippen molar-refractivity contribution in [2.75, 3.05) is 12.8 Å². The van der Waals surface area contributed by atoms with Crippen molar-refractivity contribution in [3.05, 3.63) is 52.2 Å². The monoisotopic (exact) mass is 291 g/mol. The minimum atomic E-state index is -0.432. The van der Waals surface area contributed by atoms with Crippen molar-refractivity contribution in [3.8, 4) is 5.75 Å². The molecule has 0 spiro atoms. The molecule has 2 rings (SSSR count). The summed E-state index contributed by atoms with van der Waals surface area (Å²) < 4.78 is 5.07. The largest absolute Gasteiger partial charge is 0.496 e. The second-order valence-corrected chi connectivity index (χ2v) is 5.01. The average molecular weight is 291 g/mol. The van der Waals surface area contributed by atoms with Gasteiger partial charge in [-0.15, -0.1) is 11.8 Å². The highest BCUT2D eigenvalue weighted by atomic mass is 32.2. The van der Waals surface area contributed by atoms with E-state index in [0.29, 0.717) is 17.2 Å². The number of methoxy groups -OCH3 is 1. The first-order chi connectivity index (χ1) is 9.58. The molecule has 0 aliphatic rings. The number of benzene rings is 1. The normalized spacial score (nSPS) is 10.2. The molecule has 104 valence electrons. The Morgan fingerprint density at radius 1 is 1.40 bits per heavy atom. The average Bonchev–Trinajstić information content (AvgIpc) is 2.46. The zero-order valence-electron chi connectivity index (χ0n) is 10.8. The fraction of sp³-hybridized carbons (Fsp3) is 0.154. The van der Waals surface area contributed by atoms with Crippen LogP contribution in [0.15, 0.2) is 41.6 Å². The quantitative estimate of drug-likeness (QED) is 0.517. The molecule has 1 aromatic heterocycles. The molecule has 7 heteroatoms. The first kappa shape index (κ1) is 14.1. The Balaban J connectivity index is 2.14. The molecular weight excluding hydrogens is 278 g/mol. The maximum atomic E-state index is 10.8. The van der Waals surface area contributed by atoms with Gasteiger partial charge in [0.05, 0.1) is 35.0 Å². The molecular formula is C13H13N3O3S. The van der Waals surface area contributed by atoms with Gasteiger partial charge in [0.2, 0.25) is 0 Å². The van der Waals surface area contributed by atoms with Crippen molar-refractivity contribution < 1.29 is 9.66 Å². The van der Waals surface area contributed by atoms with E-state index < -0.39 is 4.92 Å². The minimum absolute atomic E-state index is 0.0187. The van der Waals surface area contributed by atoms with Gasteiger partial charge in [0.15, 0.2) is 0 Å². The van der Waals surface area contributed by atoms with E-state index in [9.17, 15) is 10.1 Å². The van der Waals surface area contributed by atoms with Crippen LogP contribution in [-0.2, 0) is 5.75 Å². The lowest BCUT2D eigenvalue weighted by Crippen LogP contribution is -1.93. The SMILES string of the molecule is COc1cc(CSc2ccc(N)cn2)cc([N+](=O)[O-])c1. The highest BCUT2D eigenvalue weighted by molar-refractivity contribution is 7.98. The smallest absolute Gasteiger partial charge is 0.273 e. The number of nitrogens with zero attached hydrogens (tertiary/aromatic N) is 2. The summed E-state index contributed by atoms with van der Waals surface area (Å²) in [5, 5.41) is 11.7. The Kier molecular flexibility index (Phi) is 4.41. The van der Waals surface area contributed by atoms with Gasteiger partial charge in [-0.2, -0.15) is 0 Å². The summed E-state index contributed by atoms with van der Waals surface area (Å²) in [6.07, 6.45) is 1.58. The molecule has 0 atom stereocenters. The maximum Gasteiger partial charge on any atom is 0.273 e. The number of ether oxygens (including phenoxy) is 1. The maximum absolute atomic E-state index is 10.8. The van der Waals surface area contributed by atoms with Gasteiger partial charge in [0, 0.05) is 11.8 Å². The van der Waals surface area contributed by atoms with E-state index in [1.165, 1.54) is 31.0 Å². The first-order valence-electron chi connectivity index (χ1n) is 5.75. The number of nitro benzene ring substituents is 1. The Morgan fingerprint density at radius 3 is 2.80 bits per heavy atom. The van der Waals surface area contributed by atoms with Gasteiger partial charge in [-0.05, 0) is 23.8 Å². The summed E-state index contributed by atoms with van der Waals surface area (Å²) in [7, 11) is 1.48. The van der Waals surface area contributed by atoms with Crippen molar-refractivity contribution in [3.63, 3.8) is 0 Å². The molecule has 0 amide bonds. The molecule has 0 radical (unpaired) electrons. The van der Waals surface area contributed by atoms with E-state index >= 15 is 0 Å². The van der Waals surface area contributed by atoms with Gasteiger partial charge in [0.1, 0.15) is 5.75 Å². The van der Waals surface area contributed by atoms with E-state index in [-0.39, 0.29) is 5.69 Å². The molecule has 0 fully saturated rings. The number of aromatic nitrogens is 1. The summed E-state index contributed by atoms with van der Waals surface area (Å²) in [4.78, 5) is 14.6. The number of pyridine rings is 1. The van der Waals surface area contributed by atoms with E-state index in [1.54, 1.807) is 18.3 Å². The lowest BCUT2D eigenvalue weighted by atomic mass is 10.2. The third-order valence-corrected chi connectivity index (χ3v) is 3.56. The van der Waals surface area contributed by atoms with Gasteiger partial charge in [-0.3, -0.25) is 10.1 Å². The third-order valence-electron chi connectivity index (χ3n) is 2.54. The number of hydrogen-bond acceptors (Lipinski definition) is 6. The summed E-state index contributed by atoms with van der Waals surface area (Å²) >= 11 is 1.48. The second kappa shape index (κ2) is 6.25. The first-order valence-corrected chi connectivity index (χ1v) is 6.73. The van der Waals surface area contributed by atoms with Gasteiger partial charge in [0.25, 0.3) is 5.69 Å².